The molecule has 0 atom stereocenters. The molecule has 6 heteroatoms. The Morgan fingerprint density at radius 1 is 0.879 bits per heavy atom. The molecule has 4 rings (SSSR count). The van der Waals surface area contributed by atoms with Crippen LogP contribution in [0.5, 0.6) is 0 Å². The Labute approximate surface area is 191 Å². The molecule has 4 aromatic rings. The maximum Gasteiger partial charge on any atom is 0.270 e. The molecular weight excluding hydrogens is 414 g/mol. The number of pyridine rings is 1. The Hall–Kier alpha value is -4.58. The van der Waals surface area contributed by atoms with Crippen LogP contribution >= 0.6 is 0 Å². The Kier molecular flexibility index (Phi) is 6.66. The molecule has 1 N–H and O–H groups in total. The number of rotatable bonds is 7. The second-order valence-electron chi connectivity index (χ2n) is 7.46. The third-order valence-electron chi connectivity index (χ3n) is 5.09. The van der Waals surface area contributed by atoms with Gasteiger partial charge in [-0.2, -0.15) is 0 Å². The number of aromatic nitrogens is 1. The molecule has 0 saturated carbocycles. The van der Waals surface area contributed by atoms with Crippen LogP contribution in [0.15, 0.2) is 103 Å². The van der Waals surface area contributed by atoms with Gasteiger partial charge in [-0.25, -0.2) is 0 Å². The lowest BCUT2D eigenvalue weighted by Crippen LogP contribution is -2.13. The minimum Gasteiger partial charge on any atom is -0.322 e. The first-order chi connectivity index (χ1) is 16.1. The zero-order chi connectivity index (χ0) is 23.0. The second kappa shape index (κ2) is 10.2. The minimum absolute atomic E-state index is 0.0265. The van der Waals surface area contributed by atoms with Crippen molar-refractivity contribution in [3.63, 3.8) is 0 Å². The Morgan fingerprint density at radius 2 is 1.58 bits per heavy atom. The molecule has 0 aliphatic carbocycles. The van der Waals surface area contributed by atoms with Crippen molar-refractivity contribution >= 4 is 28.9 Å². The van der Waals surface area contributed by atoms with Crippen LogP contribution in [0.2, 0.25) is 0 Å². The highest BCUT2D eigenvalue weighted by Crippen LogP contribution is 2.23. The lowest BCUT2D eigenvalue weighted by atomic mass is 10.0. The number of hydrogen-bond acceptors (Lipinski definition) is 4. The highest BCUT2D eigenvalue weighted by atomic mass is 16.6. The van der Waals surface area contributed by atoms with Crippen LogP contribution in [0.4, 0.5) is 11.4 Å². The van der Waals surface area contributed by atoms with Gasteiger partial charge in [-0.1, -0.05) is 54.6 Å². The number of hydrogen-bond donors (Lipinski definition) is 1. The summed E-state index contributed by atoms with van der Waals surface area (Å²) in [4.78, 5) is 27.9. The van der Waals surface area contributed by atoms with Crippen LogP contribution < -0.4 is 5.32 Å². The van der Waals surface area contributed by atoms with E-state index in [1.54, 1.807) is 30.6 Å². The molecule has 0 spiro atoms. The summed E-state index contributed by atoms with van der Waals surface area (Å²) in [6, 6.07) is 27.1. The zero-order valence-electron chi connectivity index (χ0n) is 17.7. The van der Waals surface area contributed by atoms with Crippen molar-refractivity contribution in [2.45, 2.75) is 6.42 Å². The number of nitrogens with one attached hydrogen (secondary N) is 1. The molecule has 0 bridgehead atoms. The van der Waals surface area contributed by atoms with Gasteiger partial charge in [0, 0.05) is 35.8 Å². The quantitative estimate of drug-likeness (QED) is 0.173. The van der Waals surface area contributed by atoms with Gasteiger partial charge in [-0.15, -0.1) is 0 Å². The number of nitrogens with zero attached hydrogens (tertiary/aromatic N) is 2. The van der Waals surface area contributed by atoms with Gasteiger partial charge in [0.2, 0.25) is 0 Å². The summed E-state index contributed by atoms with van der Waals surface area (Å²) in [5, 5.41) is 14.1. The summed E-state index contributed by atoms with van der Waals surface area (Å²) < 4.78 is 0. The van der Waals surface area contributed by atoms with Gasteiger partial charge in [0.25, 0.3) is 11.6 Å². The Balaban J connectivity index is 1.57. The van der Waals surface area contributed by atoms with Crippen molar-refractivity contribution in [3.8, 4) is 0 Å². The van der Waals surface area contributed by atoms with Gasteiger partial charge in [-0.3, -0.25) is 19.9 Å². The lowest BCUT2D eigenvalue weighted by molar-refractivity contribution is -0.384. The van der Waals surface area contributed by atoms with Crippen molar-refractivity contribution in [2.75, 3.05) is 5.32 Å². The number of nitro groups is 1. The van der Waals surface area contributed by atoms with E-state index in [-0.39, 0.29) is 11.6 Å². The van der Waals surface area contributed by atoms with Crippen LogP contribution in [0.25, 0.3) is 11.6 Å². The monoisotopic (exact) mass is 435 g/mol. The average Bonchev–Trinajstić information content (AvgIpc) is 2.85. The van der Waals surface area contributed by atoms with Crippen LogP contribution in [0, 0.1) is 10.1 Å². The molecule has 1 aromatic heterocycles. The number of amides is 1. The van der Waals surface area contributed by atoms with Crippen LogP contribution in [-0.4, -0.2) is 15.8 Å². The van der Waals surface area contributed by atoms with E-state index in [4.69, 9.17) is 0 Å². The summed E-state index contributed by atoms with van der Waals surface area (Å²) in [6.07, 6.45) is 5.97. The van der Waals surface area contributed by atoms with E-state index in [9.17, 15) is 14.9 Å². The predicted octanol–water partition coefficient (Wildman–Crippen LogP) is 5.76. The van der Waals surface area contributed by atoms with Crippen LogP contribution in [-0.2, 0) is 11.2 Å². The van der Waals surface area contributed by atoms with Crippen molar-refractivity contribution in [1.29, 1.82) is 0 Å². The van der Waals surface area contributed by atoms with Gasteiger partial charge in [0.05, 0.1) is 4.92 Å². The first-order valence-electron chi connectivity index (χ1n) is 10.4. The molecule has 1 heterocycles. The number of anilines is 1. The molecule has 0 saturated heterocycles. The fourth-order valence-corrected chi connectivity index (χ4v) is 3.43. The Morgan fingerprint density at radius 3 is 2.27 bits per heavy atom. The summed E-state index contributed by atoms with van der Waals surface area (Å²) in [5.74, 6) is -0.297. The predicted molar refractivity (Wildman–Crippen MR) is 130 cm³/mol. The lowest BCUT2D eigenvalue weighted by Gasteiger charge is -2.11. The molecule has 0 aliphatic heterocycles. The van der Waals surface area contributed by atoms with Crippen molar-refractivity contribution in [2.24, 2.45) is 0 Å². The fourth-order valence-electron chi connectivity index (χ4n) is 3.43. The minimum atomic E-state index is -0.451. The molecule has 162 valence electrons. The molecule has 0 fully saturated rings. The van der Waals surface area contributed by atoms with Gasteiger partial charge >= 0.3 is 0 Å². The van der Waals surface area contributed by atoms with E-state index in [0.29, 0.717) is 16.8 Å². The Bertz CT molecular complexity index is 1290. The smallest absolute Gasteiger partial charge is 0.270 e. The van der Waals surface area contributed by atoms with E-state index in [1.165, 1.54) is 12.1 Å². The summed E-state index contributed by atoms with van der Waals surface area (Å²) in [6.45, 7) is 0. The normalized spacial score (nSPS) is 11.1. The van der Waals surface area contributed by atoms with Gasteiger partial charge in [-0.05, 0) is 59.0 Å². The molecular formula is C27H21N3O3. The summed E-state index contributed by atoms with van der Waals surface area (Å²) in [7, 11) is 0. The third kappa shape index (κ3) is 5.77. The SMILES string of the molecule is O=C(Nc1ccc(Cc2ccncc2)cc1)/C(=C/c1cccc([N+](=O)[O-])c1)c1ccccc1. The van der Waals surface area contributed by atoms with Crippen molar-refractivity contribution in [3.05, 3.63) is 136 Å². The van der Waals surface area contributed by atoms with E-state index in [1.807, 2.05) is 66.7 Å². The summed E-state index contributed by atoms with van der Waals surface area (Å²) >= 11 is 0. The molecule has 0 radical (unpaired) electrons. The van der Waals surface area contributed by atoms with Crippen LogP contribution in [0.1, 0.15) is 22.3 Å². The van der Waals surface area contributed by atoms with Gasteiger partial charge < -0.3 is 5.32 Å². The molecule has 0 aliphatic rings. The number of carbonyl (C=O) groups is 1. The topological polar surface area (TPSA) is 85.1 Å². The largest absolute Gasteiger partial charge is 0.322 e. The number of non-ortho nitro benzene ring substituents is 1. The van der Waals surface area contributed by atoms with E-state index in [2.05, 4.69) is 10.3 Å². The molecule has 33 heavy (non-hydrogen) atoms. The van der Waals surface area contributed by atoms with Gasteiger partial charge in [0.1, 0.15) is 0 Å². The average molecular weight is 435 g/mol. The van der Waals surface area contributed by atoms with Crippen molar-refractivity contribution < 1.29 is 9.72 Å². The highest BCUT2D eigenvalue weighted by molar-refractivity contribution is 6.29. The van der Waals surface area contributed by atoms with E-state index >= 15 is 0 Å². The second-order valence-corrected chi connectivity index (χ2v) is 7.46. The fraction of sp³-hybridized carbons (Fsp3) is 0.0370. The number of benzene rings is 3. The first-order valence-corrected chi connectivity index (χ1v) is 10.4. The van der Waals surface area contributed by atoms with E-state index in [0.717, 1.165) is 23.1 Å². The number of carbonyl (C=O) groups excluding carboxylic acids is 1. The first kappa shape index (κ1) is 21.6. The maximum atomic E-state index is 13.2. The third-order valence-corrected chi connectivity index (χ3v) is 5.09. The molecule has 3 aromatic carbocycles. The number of nitro benzene ring substituents is 1. The highest BCUT2D eigenvalue weighted by Gasteiger charge is 2.14. The summed E-state index contributed by atoms with van der Waals surface area (Å²) in [5.41, 5.74) is 4.63. The zero-order valence-corrected chi connectivity index (χ0v) is 17.7. The standard InChI is InChI=1S/C27H21N3O3/c31-27(29-24-11-9-20(10-12-24)17-21-13-15-28-16-14-21)26(23-6-2-1-3-7-23)19-22-5-4-8-25(18-22)30(32)33/h1-16,18-19H,17H2,(H,29,31)/b26-19+. The van der Waals surface area contributed by atoms with Crippen molar-refractivity contribution in [1.82, 2.24) is 4.98 Å². The molecule has 6 nitrogen and oxygen atoms in total. The maximum absolute atomic E-state index is 13.2. The van der Waals surface area contributed by atoms with E-state index < -0.39 is 4.92 Å². The van der Waals surface area contributed by atoms with Gasteiger partial charge in [0.15, 0.2) is 0 Å². The molecule has 1 amide bonds. The molecule has 0 unspecified atom stereocenters. The van der Waals surface area contributed by atoms with Crippen LogP contribution in [0.3, 0.4) is 0 Å².